The van der Waals surface area contributed by atoms with Gasteiger partial charge in [-0.3, -0.25) is 0 Å². The highest BCUT2D eigenvalue weighted by Gasteiger charge is 2.35. The van der Waals surface area contributed by atoms with E-state index in [1.165, 1.54) is 0 Å². The van der Waals surface area contributed by atoms with E-state index in [4.69, 9.17) is 0 Å². The lowest BCUT2D eigenvalue weighted by Gasteiger charge is -2.34. The largest absolute Gasteiger partial charge is 0.303 e. The van der Waals surface area contributed by atoms with Gasteiger partial charge >= 0.3 is 0 Å². The zero-order valence-corrected chi connectivity index (χ0v) is 7.14. The van der Waals surface area contributed by atoms with Crippen molar-refractivity contribution < 1.29 is 9.18 Å². The molecule has 1 saturated carbocycles. The van der Waals surface area contributed by atoms with Gasteiger partial charge in [0.2, 0.25) is 0 Å². The first kappa shape index (κ1) is 8.69. The summed E-state index contributed by atoms with van der Waals surface area (Å²) >= 11 is 0. The van der Waals surface area contributed by atoms with Crippen LogP contribution in [0.2, 0.25) is 0 Å². The van der Waals surface area contributed by atoms with Gasteiger partial charge < -0.3 is 4.79 Å². The predicted octanol–water partition coefficient (Wildman–Crippen LogP) is 2.35. The Morgan fingerprint density at radius 3 is 2.45 bits per heavy atom. The van der Waals surface area contributed by atoms with Crippen LogP contribution in [0.3, 0.4) is 0 Å². The van der Waals surface area contributed by atoms with Crippen molar-refractivity contribution in [1.29, 1.82) is 0 Å². The third-order valence-corrected chi connectivity index (χ3v) is 2.43. The molecular formula is C9H15FO. The normalized spacial score (nSPS) is 31.2. The van der Waals surface area contributed by atoms with Gasteiger partial charge in [-0.15, -0.1) is 0 Å². The van der Waals surface area contributed by atoms with Gasteiger partial charge in [0.05, 0.1) is 0 Å². The fourth-order valence-electron chi connectivity index (χ4n) is 1.48. The Balaban J connectivity index is 2.35. The van der Waals surface area contributed by atoms with E-state index in [1.807, 2.05) is 13.8 Å². The lowest BCUT2D eigenvalue weighted by Crippen LogP contribution is -2.32. The molecule has 0 bridgehead atoms. The molecule has 1 aliphatic carbocycles. The molecule has 1 fully saturated rings. The minimum Gasteiger partial charge on any atom is -0.303 e. The summed E-state index contributed by atoms with van der Waals surface area (Å²) in [5, 5.41) is 0. The fraction of sp³-hybridized carbons (Fsp3) is 0.889. The molecule has 0 spiro atoms. The molecule has 0 N–H and O–H groups in total. The fourth-order valence-corrected chi connectivity index (χ4v) is 1.48. The van der Waals surface area contributed by atoms with Crippen LogP contribution < -0.4 is 0 Å². The van der Waals surface area contributed by atoms with Crippen molar-refractivity contribution in [2.45, 2.75) is 39.3 Å². The van der Waals surface area contributed by atoms with Crippen molar-refractivity contribution in [1.82, 2.24) is 0 Å². The zero-order chi connectivity index (χ0) is 8.48. The zero-order valence-electron chi connectivity index (χ0n) is 7.14. The number of carbonyl (C=O) groups is 1. The first-order valence-corrected chi connectivity index (χ1v) is 4.15. The SMILES string of the molecule is CC(C)(C=O)CC1CCC1F. The molecule has 0 radical (unpaired) electrons. The molecule has 2 heteroatoms. The molecule has 11 heavy (non-hydrogen) atoms. The molecule has 2 unspecified atom stereocenters. The second-order valence-electron chi connectivity index (χ2n) is 4.16. The maximum atomic E-state index is 12.7. The minimum absolute atomic E-state index is 0.148. The molecular weight excluding hydrogens is 143 g/mol. The quantitative estimate of drug-likeness (QED) is 0.576. The van der Waals surface area contributed by atoms with E-state index in [0.29, 0.717) is 12.8 Å². The molecule has 64 valence electrons. The van der Waals surface area contributed by atoms with Gasteiger partial charge in [0.25, 0.3) is 0 Å². The van der Waals surface area contributed by atoms with Crippen molar-refractivity contribution in [3.63, 3.8) is 0 Å². The molecule has 1 aliphatic rings. The number of halogens is 1. The monoisotopic (exact) mass is 158 g/mol. The first-order valence-electron chi connectivity index (χ1n) is 4.15. The highest BCUT2D eigenvalue weighted by molar-refractivity contribution is 5.57. The highest BCUT2D eigenvalue weighted by Crippen LogP contribution is 2.38. The Kier molecular flexibility index (Phi) is 2.31. The number of alkyl halides is 1. The van der Waals surface area contributed by atoms with E-state index in [9.17, 15) is 9.18 Å². The summed E-state index contributed by atoms with van der Waals surface area (Å²) in [4.78, 5) is 10.5. The average molecular weight is 158 g/mol. The van der Waals surface area contributed by atoms with Crippen LogP contribution in [0.1, 0.15) is 33.1 Å². The van der Waals surface area contributed by atoms with Crippen LogP contribution in [0.15, 0.2) is 0 Å². The molecule has 0 amide bonds. The summed E-state index contributed by atoms with van der Waals surface area (Å²) in [6, 6.07) is 0. The molecule has 1 rings (SSSR count). The van der Waals surface area contributed by atoms with Crippen LogP contribution in [0.25, 0.3) is 0 Å². The molecule has 0 saturated heterocycles. The third kappa shape index (κ3) is 2.01. The molecule has 0 aromatic rings. The molecule has 1 nitrogen and oxygen atoms in total. The molecule has 0 aromatic carbocycles. The number of hydrogen-bond donors (Lipinski definition) is 0. The second kappa shape index (κ2) is 2.92. The summed E-state index contributed by atoms with van der Waals surface area (Å²) in [5.74, 6) is 0.148. The molecule has 0 aliphatic heterocycles. The topological polar surface area (TPSA) is 17.1 Å². The van der Waals surface area contributed by atoms with E-state index in [1.54, 1.807) is 0 Å². The summed E-state index contributed by atoms with van der Waals surface area (Å²) in [6.07, 6.45) is 2.64. The lowest BCUT2D eigenvalue weighted by molar-refractivity contribution is -0.116. The van der Waals surface area contributed by atoms with Crippen molar-refractivity contribution in [3.05, 3.63) is 0 Å². The Morgan fingerprint density at radius 2 is 2.18 bits per heavy atom. The van der Waals surface area contributed by atoms with Crippen molar-refractivity contribution in [2.24, 2.45) is 11.3 Å². The summed E-state index contributed by atoms with van der Waals surface area (Å²) in [7, 11) is 0. The van der Waals surface area contributed by atoms with E-state index in [0.717, 1.165) is 12.7 Å². The van der Waals surface area contributed by atoms with Crippen LogP contribution >= 0.6 is 0 Å². The van der Waals surface area contributed by atoms with Crippen molar-refractivity contribution >= 4 is 6.29 Å². The van der Waals surface area contributed by atoms with Gasteiger partial charge in [-0.1, -0.05) is 13.8 Å². The maximum Gasteiger partial charge on any atom is 0.125 e. The first-order chi connectivity index (χ1) is 5.05. The van der Waals surface area contributed by atoms with Crippen LogP contribution in [-0.2, 0) is 4.79 Å². The van der Waals surface area contributed by atoms with Crippen molar-refractivity contribution in [3.8, 4) is 0 Å². The van der Waals surface area contributed by atoms with E-state index < -0.39 is 6.17 Å². The summed E-state index contributed by atoms with van der Waals surface area (Å²) < 4.78 is 12.7. The van der Waals surface area contributed by atoms with E-state index in [2.05, 4.69) is 0 Å². The average Bonchev–Trinajstić information content (AvgIpc) is 1.98. The van der Waals surface area contributed by atoms with Crippen molar-refractivity contribution in [2.75, 3.05) is 0 Å². The standard InChI is InChI=1S/C9H15FO/c1-9(2,6-11)5-7-3-4-8(7)10/h6-8H,3-5H2,1-2H3. The van der Waals surface area contributed by atoms with Gasteiger partial charge in [0.1, 0.15) is 12.5 Å². The summed E-state index contributed by atoms with van der Waals surface area (Å²) in [5.41, 5.74) is -0.324. The Morgan fingerprint density at radius 1 is 1.55 bits per heavy atom. The van der Waals surface area contributed by atoms with E-state index in [-0.39, 0.29) is 11.3 Å². The third-order valence-electron chi connectivity index (χ3n) is 2.43. The minimum atomic E-state index is -0.644. The molecule has 2 atom stereocenters. The van der Waals surface area contributed by atoms with Gasteiger partial charge in [-0.2, -0.15) is 0 Å². The Hall–Kier alpha value is -0.400. The van der Waals surface area contributed by atoms with Gasteiger partial charge in [-0.25, -0.2) is 4.39 Å². The Labute approximate surface area is 67.0 Å². The molecule has 0 heterocycles. The predicted molar refractivity (Wildman–Crippen MR) is 42.1 cm³/mol. The van der Waals surface area contributed by atoms with E-state index >= 15 is 0 Å². The van der Waals surface area contributed by atoms with Crippen LogP contribution in [0.4, 0.5) is 4.39 Å². The Bertz CT molecular complexity index is 154. The number of hydrogen-bond acceptors (Lipinski definition) is 1. The maximum absolute atomic E-state index is 12.7. The van der Waals surface area contributed by atoms with Crippen LogP contribution in [-0.4, -0.2) is 12.5 Å². The van der Waals surface area contributed by atoms with Crippen LogP contribution in [0.5, 0.6) is 0 Å². The van der Waals surface area contributed by atoms with Gasteiger partial charge in [0.15, 0.2) is 0 Å². The highest BCUT2D eigenvalue weighted by atomic mass is 19.1. The number of carbonyl (C=O) groups excluding carboxylic acids is 1. The summed E-state index contributed by atoms with van der Waals surface area (Å²) in [6.45, 7) is 3.73. The number of rotatable bonds is 3. The lowest BCUT2D eigenvalue weighted by atomic mass is 9.73. The molecule has 0 aromatic heterocycles. The number of aldehydes is 1. The second-order valence-corrected chi connectivity index (χ2v) is 4.16. The van der Waals surface area contributed by atoms with Gasteiger partial charge in [0, 0.05) is 5.41 Å². The smallest absolute Gasteiger partial charge is 0.125 e. The van der Waals surface area contributed by atoms with Gasteiger partial charge in [-0.05, 0) is 25.2 Å². The van der Waals surface area contributed by atoms with Crippen LogP contribution in [0, 0.1) is 11.3 Å².